The van der Waals surface area contributed by atoms with Crippen LogP contribution in [0.1, 0.15) is 50.2 Å². The fourth-order valence-corrected chi connectivity index (χ4v) is 3.00. The Bertz CT molecular complexity index is 516. The molecule has 1 fully saturated rings. The number of ether oxygens (including phenoxy) is 2. The molecule has 0 atom stereocenters. The summed E-state index contributed by atoms with van der Waals surface area (Å²) in [4.78, 5) is 0. The summed E-state index contributed by atoms with van der Waals surface area (Å²) in [5.74, 6) is -0.629. The average molecular weight is 273 g/mol. The van der Waals surface area contributed by atoms with E-state index in [0.29, 0.717) is 0 Å². The molecule has 3 rings (SSSR count). The molecular formula is C17H23NO2. The minimum atomic E-state index is -0.629. The predicted molar refractivity (Wildman–Crippen MR) is 81.2 cm³/mol. The van der Waals surface area contributed by atoms with E-state index in [2.05, 4.69) is 12.1 Å². The second-order valence-corrected chi connectivity index (χ2v) is 5.77. The zero-order valence-corrected chi connectivity index (χ0v) is 12.2. The van der Waals surface area contributed by atoms with Gasteiger partial charge in [0.25, 0.3) is 0 Å². The van der Waals surface area contributed by atoms with Crippen LogP contribution in [0.2, 0.25) is 0 Å². The topological polar surface area (TPSA) is 44.5 Å². The lowest BCUT2D eigenvalue weighted by molar-refractivity contribution is -0.264. The normalized spacial score (nSPS) is 22.4. The van der Waals surface area contributed by atoms with Crippen LogP contribution in [0.25, 0.3) is 5.57 Å². The Morgan fingerprint density at radius 2 is 1.90 bits per heavy atom. The lowest BCUT2D eigenvalue weighted by atomic mass is 9.90. The molecule has 1 aromatic carbocycles. The lowest BCUT2D eigenvalue weighted by Crippen LogP contribution is -2.35. The Balaban J connectivity index is 1.95. The summed E-state index contributed by atoms with van der Waals surface area (Å²) in [7, 11) is 0. The molecule has 3 nitrogen and oxygen atoms in total. The third-order valence-corrected chi connectivity index (χ3v) is 4.26. The van der Waals surface area contributed by atoms with Crippen molar-refractivity contribution in [2.45, 2.75) is 44.8 Å². The van der Waals surface area contributed by atoms with E-state index in [1.807, 2.05) is 19.1 Å². The maximum Gasteiger partial charge on any atom is 0.191 e. The van der Waals surface area contributed by atoms with Gasteiger partial charge in [0.15, 0.2) is 5.79 Å². The standard InChI is InChI=1S/C17H23NO2/c1-17(19-10-5-11-20-17)14-8-9-16(18)15(12-14)13-6-3-2-4-7-13/h6,8-9,12H,2-5,7,10-11,18H2,1H3. The van der Waals surface area contributed by atoms with Gasteiger partial charge >= 0.3 is 0 Å². The van der Waals surface area contributed by atoms with E-state index in [0.717, 1.165) is 49.3 Å². The number of allylic oxidation sites excluding steroid dienone is 2. The second-order valence-electron chi connectivity index (χ2n) is 5.77. The highest BCUT2D eigenvalue weighted by atomic mass is 16.7. The smallest absolute Gasteiger partial charge is 0.191 e. The summed E-state index contributed by atoms with van der Waals surface area (Å²) < 4.78 is 11.7. The molecule has 108 valence electrons. The monoisotopic (exact) mass is 273 g/mol. The number of hydrogen-bond acceptors (Lipinski definition) is 3. The van der Waals surface area contributed by atoms with Gasteiger partial charge in [-0.15, -0.1) is 0 Å². The van der Waals surface area contributed by atoms with Crippen molar-refractivity contribution in [3.63, 3.8) is 0 Å². The number of hydrogen-bond donors (Lipinski definition) is 1. The molecule has 1 saturated heterocycles. The van der Waals surface area contributed by atoms with Crippen molar-refractivity contribution in [3.8, 4) is 0 Å². The van der Waals surface area contributed by atoms with E-state index >= 15 is 0 Å². The maximum atomic E-state index is 6.17. The highest BCUT2D eigenvalue weighted by molar-refractivity contribution is 5.76. The summed E-state index contributed by atoms with van der Waals surface area (Å²) >= 11 is 0. The van der Waals surface area contributed by atoms with Gasteiger partial charge in [-0.3, -0.25) is 0 Å². The molecule has 0 unspecified atom stereocenters. The van der Waals surface area contributed by atoms with Crippen molar-refractivity contribution >= 4 is 11.3 Å². The molecule has 0 spiro atoms. The summed E-state index contributed by atoms with van der Waals surface area (Å²) in [6.07, 6.45) is 8.09. The third kappa shape index (κ3) is 2.60. The zero-order chi connectivity index (χ0) is 14.0. The van der Waals surface area contributed by atoms with Crippen LogP contribution in [-0.2, 0) is 15.3 Å². The molecule has 1 aliphatic carbocycles. The summed E-state index contributed by atoms with van der Waals surface area (Å²) in [5.41, 5.74) is 10.6. The van der Waals surface area contributed by atoms with Crippen LogP contribution in [0.4, 0.5) is 5.69 Å². The second kappa shape index (κ2) is 5.58. The van der Waals surface area contributed by atoms with E-state index in [9.17, 15) is 0 Å². The van der Waals surface area contributed by atoms with Crippen molar-refractivity contribution in [2.24, 2.45) is 0 Å². The highest BCUT2D eigenvalue weighted by Crippen LogP contribution is 2.36. The quantitative estimate of drug-likeness (QED) is 0.833. The lowest BCUT2D eigenvalue weighted by Gasteiger charge is -2.34. The van der Waals surface area contributed by atoms with Crippen LogP contribution in [0.3, 0.4) is 0 Å². The van der Waals surface area contributed by atoms with E-state index < -0.39 is 5.79 Å². The van der Waals surface area contributed by atoms with Gasteiger partial charge in [-0.2, -0.15) is 0 Å². The molecule has 3 heteroatoms. The van der Waals surface area contributed by atoms with E-state index in [1.54, 1.807) is 0 Å². The Labute approximate surface area is 120 Å². The van der Waals surface area contributed by atoms with Crippen molar-refractivity contribution in [1.29, 1.82) is 0 Å². The largest absolute Gasteiger partial charge is 0.398 e. The Morgan fingerprint density at radius 1 is 1.10 bits per heavy atom. The fraction of sp³-hybridized carbons (Fsp3) is 0.529. The minimum Gasteiger partial charge on any atom is -0.398 e. The van der Waals surface area contributed by atoms with Crippen LogP contribution in [0, 0.1) is 0 Å². The first-order chi connectivity index (χ1) is 9.69. The van der Waals surface area contributed by atoms with Gasteiger partial charge in [0.2, 0.25) is 0 Å². The first kappa shape index (κ1) is 13.7. The van der Waals surface area contributed by atoms with Gasteiger partial charge in [-0.25, -0.2) is 0 Å². The summed E-state index contributed by atoms with van der Waals surface area (Å²) in [5, 5.41) is 0. The molecular weight excluding hydrogens is 250 g/mol. The number of anilines is 1. The Kier molecular flexibility index (Phi) is 3.81. The van der Waals surface area contributed by atoms with Crippen LogP contribution in [-0.4, -0.2) is 13.2 Å². The third-order valence-electron chi connectivity index (χ3n) is 4.26. The maximum absolute atomic E-state index is 6.17. The molecule has 1 aromatic rings. The van der Waals surface area contributed by atoms with Crippen LogP contribution in [0.15, 0.2) is 24.3 Å². The molecule has 2 N–H and O–H groups in total. The molecule has 20 heavy (non-hydrogen) atoms. The first-order valence-electron chi connectivity index (χ1n) is 7.56. The van der Waals surface area contributed by atoms with Gasteiger partial charge in [0.1, 0.15) is 0 Å². The van der Waals surface area contributed by atoms with Gasteiger partial charge in [0, 0.05) is 16.8 Å². The van der Waals surface area contributed by atoms with E-state index in [-0.39, 0.29) is 0 Å². The van der Waals surface area contributed by atoms with Crippen LogP contribution >= 0.6 is 0 Å². The SMILES string of the molecule is CC1(c2ccc(N)c(C3=CCCCC3)c2)OCCCO1. The molecule has 0 bridgehead atoms. The van der Waals surface area contributed by atoms with E-state index in [1.165, 1.54) is 18.4 Å². The van der Waals surface area contributed by atoms with Crippen molar-refractivity contribution in [3.05, 3.63) is 35.4 Å². The van der Waals surface area contributed by atoms with Gasteiger partial charge in [-0.1, -0.05) is 12.1 Å². The van der Waals surface area contributed by atoms with Crippen molar-refractivity contribution in [2.75, 3.05) is 18.9 Å². The zero-order valence-electron chi connectivity index (χ0n) is 12.2. The van der Waals surface area contributed by atoms with Gasteiger partial charge in [-0.05, 0) is 56.7 Å². The predicted octanol–water partition coefficient (Wildman–Crippen LogP) is 3.84. The molecule has 0 aromatic heterocycles. The molecule has 0 saturated carbocycles. The number of benzene rings is 1. The summed E-state index contributed by atoms with van der Waals surface area (Å²) in [6.45, 7) is 3.49. The number of nitrogens with two attached hydrogens (primary N) is 1. The Hall–Kier alpha value is -1.32. The van der Waals surface area contributed by atoms with Gasteiger partial charge in [0.05, 0.1) is 13.2 Å². The molecule has 0 amide bonds. The molecule has 1 aliphatic heterocycles. The molecule has 2 aliphatic rings. The number of nitrogen functional groups attached to an aromatic ring is 1. The van der Waals surface area contributed by atoms with E-state index in [4.69, 9.17) is 15.2 Å². The fourth-order valence-electron chi connectivity index (χ4n) is 3.00. The van der Waals surface area contributed by atoms with Crippen molar-refractivity contribution < 1.29 is 9.47 Å². The first-order valence-corrected chi connectivity index (χ1v) is 7.56. The summed E-state index contributed by atoms with van der Waals surface area (Å²) in [6, 6.07) is 6.15. The van der Waals surface area contributed by atoms with Crippen LogP contribution in [0.5, 0.6) is 0 Å². The van der Waals surface area contributed by atoms with Crippen molar-refractivity contribution in [1.82, 2.24) is 0 Å². The molecule has 0 radical (unpaired) electrons. The molecule has 1 heterocycles. The minimum absolute atomic E-state index is 0.629. The number of rotatable bonds is 2. The highest BCUT2D eigenvalue weighted by Gasteiger charge is 2.31. The van der Waals surface area contributed by atoms with Gasteiger partial charge < -0.3 is 15.2 Å². The average Bonchev–Trinajstić information content (AvgIpc) is 2.49. The Morgan fingerprint density at radius 3 is 2.60 bits per heavy atom. The van der Waals surface area contributed by atoms with Crippen LogP contribution < -0.4 is 5.73 Å².